The number of amides is 2. The van der Waals surface area contributed by atoms with Gasteiger partial charge in [0.2, 0.25) is 6.79 Å². The van der Waals surface area contributed by atoms with Crippen molar-refractivity contribution in [2.45, 2.75) is 38.8 Å². The highest BCUT2D eigenvalue weighted by Gasteiger charge is 2.24. The fourth-order valence-corrected chi connectivity index (χ4v) is 3.99. The number of hydrogen-bond acceptors (Lipinski definition) is 5. The summed E-state index contributed by atoms with van der Waals surface area (Å²) in [7, 11) is 0. The summed E-state index contributed by atoms with van der Waals surface area (Å²) in [6.07, 6.45) is 4.28. The van der Waals surface area contributed by atoms with E-state index >= 15 is 0 Å². The van der Waals surface area contributed by atoms with E-state index in [1.54, 1.807) is 29.2 Å². The van der Waals surface area contributed by atoms with E-state index in [0.29, 0.717) is 27.9 Å². The van der Waals surface area contributed by atoms with Gasteiger partial charge in [-0.25, -0.2) is 4.79 Å². The minimum atomic E-state index is -0.285. The van der Waals surface area contributed by atoms with Crippen LogP contribution in [0.2, 0.25) is 5.02 Å². The molecule has 1 aromatic heterocycles. The van der Waals surface area contributed by atoms with Gasteiger partial charge < -0.3 is 19.4 Å². The maximum absolute atomic E-state index is 13.3. The largest absolute Gasteiger partial charge is 0.454 e. The second-order valence-electron chi connectivity index (χ2n) is 7.56. The minimum absolute atomic E-state index is 0.174. The summed E-state index contributed by atoms with van der Waals surface area (Å²) in [5.74, 6) is 3.03. The molecule has 2 aromatic carbocycles. The van der Waals surface area contributed by atoms with E-state index in [-0.39, 0.29) is 19.4 Å². The number of hydrogen-bond donors (Lipinski definition) is 1. The number of rotatable bonds is 4. The first kappa shape index (κ1) is 19.7. The molecule has 3 aromatic rings. The zero-order valence-corrected chi connectivity index (χ0v) is 17.6. The van der Waals surface area contributed by atoms with Crippen molar-refractivity contribution in [2.75, 3.05) is 17.0 Å². The zero-order chi connectivity index (χ0) is 21.2. The quantitative estimate of drug-likeness (QED) is 0.641. The topological polar surface area (TPSA) is 81.5 Å². The lowest BCUT2D eigenvalue weighted by atomic mass is 10.2. The van der Waals surface area contributed by atoms with Crippen LogP contribution in [-0.2, 0) is 19.5 Å². The Kier molecular flexibility index (Phi) is 5.38. The number of urea groups is 1. The molecule has 8 nitrogen and oxygen atoms in total. The molecule has 0 aliphatic carbocycles. The second-order valence-corrected chi connectivity index (χ2v) is 7.99. The number of benzene rings is 2. The lowest BCUT2D eigenvalue weighted by Crippen LogP contribution is -2.35. The maximum atomic E-state index is 13.3. The highest BCUT2D eigenvalue weighted by Crippen LogP contribution is 2.36. The summed E-state index contributed by atoms with van der Waals surface area (Å²) >= 11 is 5.97. The van der Waals surface area contributed by atoms with Gasteiger partial charge >= 0.3 is 6.03 Å². The minimum Gasteiger partial charge on any atom is -0.454 e. The average molecular weight is 440 g/mol. The summed E-state index contributed by atoms with van der Waals surface area (Å²) in [4.78, 5) is 15.0. The standard InChI is InChI=1S/C22H22ClN5O3/c23-15-5-7-16(8-6-15)24-22(29)28(17-9-10-18-19(12-17)31-14-30-18)13-21-26-25-20-4-2-1-3-11-27(20)21/h5-10,12H,1-4,11,13-14H2,(H,24,29). The molecule has 0 bridgehead atoms. The monoisotopic (exact) mass is 439 g/mol. The van der Waals surface area contributed by atoms with Gasteiger partial charge in [0, 0.05) is 35.4 Å². The Morgan fingerprint density at radius 1 is 1.06 bits per heavy atom. The number of nitrogens with one attached hydrogen (secondary N) is 1. The fourth-order valence-electron chi connectivity index (χ4n) is 3.86. The van der Waals surface area contributed by atoms with Crippen molar-refractivity contribution in [1.29, 1.82) is 0 Å². The number of carbonyl (C=O) groups excluding carboxylic acids is 1. The van der Waals surface area contributed by atoms with Gasteiger partial charge in [-0.05, 0) is 49.2 Å². The number of nitrogens with zero attached hydrogens (tertiary/aromatic N) is 4. The Morgan fingerprint density at radius 2 is 1.90 bits per heavy atom. The van der Waals surface area contributed by atoms with Crippen LogP contribution < -0.4 is 19.7 Å². The highest BCUT2D eigenvalue weighted by atomic mass is 35.5. The molecule has 3 heterocycles. The molecule has 5 rings (SSSR count). The van der Waals surface area contributed by atoms with Gasteiger partial charge in [-0.2, -0.15) is 0 Å². The molecule has 0 spiro atoms. The molecule has 0 atom stereocenters. The third-order valence-electron chi connectivity index (χ3n) is 5.49. The van der Waals surface area contributed by atoms with E-state index in [4.69, 9.17) is 21.1 Å². The molecule has 0 unspecified atom stereocenters. The number of carbonyl (C=O) groups is 1. The van der Waals surface area contributed by atoms with Crippen LogP contribution >= 0.6 is 11.6 Å². The third kappa shape index (κ3) is 4.16. The van der Waals surface area contributed by atoms with E-state index in [2.05, 4.69) is 20.1 Å². The van der Waals surface area contributed by atoms with Crippen LogP contribution in [0, 0.1) is 0 Å². The van der Waals surface area contributed by atoms with Crippen LogP contribution in [0.1, 0.15) is 30.9 Å². The van der Waals surface area contributed by atoms with Gasteiger partial charge in [0.25, 0.3) is 0 Å². The van der Waals surface area contributed by atoms with Crippen molar-refractivity contribution < 1.29 is 14.3 Å². The second kappa shape index (κ2) is 8.47. The molecule has 160 valence electrons. The molecule has 0 fully saturated rings. The fraction of sp³-hybridized carbons (Fsp3) is 0.318. The van der Waals surface area contributed by atoms with Crippen LogP contribution in [-0.4, -0.2) is 27.6 Å². The van der Waals surface area contributed by atoms with E-state index in [1.165, 1.54) is 6.42 Å². The van der Waals surface area contributed by atoms with Gasteiger partial charge in [0.1, 0.15) is 5.82 Å². The molecule has 2 aliphatic heterocycles. The summed E-state index contributed by atoms with van der Waals surface area (Å²) < 4.78 is 13.1. The molecule has 0 saturated carbocycles. The number of ether oxygens (including phenoxy) is 2. The van der Waals surface area contributed by atoms with Crippen LogP contribution in [0.25, 0.3) is 0 Å². The molecule has 2 aliphatic rings. The predicted molar refractivity (Wildman–Crippen MR) is 117 cm³/mol. The Hall–Kier alpha value is -3.26. The van der Waals surface area contributed by atoms with Gasteiger partial charge in [0.05, 0.1) is 6.54 Å². The van der Waals surface area contributed by atoms with Crippen LogP contribution in [0.5, 0.6) is 11.5 Å². The number of aryl methyl sites for hydroxylation is 1. The lowest BCUT2D eigenvalue weighted by molar-refractivity contribution is 0.174. The molecular weight excluding hydrogens is 418 g/mol. The Morgan fingerprint density at radius 3 is 2.77 bits per heavy atom. The lowest BCUT2D eigenvalue weighted by Gasteiger charge is -2.23. The highest BCUT2D eigenvalue weighted by molar-refractivity contribution is 6.30. The number of fused-ring (bicyclic) bond motifs is 2. The number of anilines is 2. The van der Waals surface area contributed by atoms with Crippen LogP contribution in [0.4, 0.5) is 16.2 Å². The first-order valence-corrected chi connectivity index (χ1v) is 10.7. The first-order chi connectivity index (χ1) is 15.2. The average Bonchev–Trinajstić information content (AvgIpc) is 3.33. The van der Waals surface area contributed by atoms with Crippen molar-refractivity contribution in [1.82, 2.24) is 14.8 Å². The zero-order valence-electron chi connectivity index (χ0n) is 16.9. The summed E-state index contributed by atoms with van der Waals surface area (Å²) in [5.41, 5.74) is 1.34. The summed E-state index contributed by atoms with van der Waals surface area (Å²) in [6.45, 7) is 1.32. The normalized spacial score (nSPS) is 14.6. The summed E-state index contributed by atoms with van der Waals surface area (Å²) in [5, 5.41) is 12.3. The Labute approximate surface area is 184 Å². The van der Waals surface area contributed by atoms with Gasteiger partial charge in [-0.3, -0.25) is 4.90 Å². The van der Waals surface area contributed by atoms with E-state index in [1.807, 2.05) is 18.2 Å². The smallest absolute Gasteiger partial charge is 0.326 e. The molecule has 0 radical (unpaired) electrons. The summed E-state index contributed by atoms with van der Waals surface area (Å²) in [6, 6.07) is 12.2. The van der Waals surface area contributed by atoms with Crippen LogP contribution in [0.15, 0.2) is 42.5 Å². The molecule has 9 heteroatoms. The van der Waals surface area contributed by atoms with E-state index in [9.17, 15) is 4.79 Å². The molecule has 0 saturated heterocycles. The van der Waals surface area contributed by atoms with Crippen molar-refractivity contribution in [3.8, 4) is 11.5 Å². The molecule has 1 N–H and O–H groups in total. The molecule has 2 amide bonds. The Balaban J connectivity index is 1.46. The van der Waals surface area contributed by atoms with Crippen molar-refractivity contribution in [2.24, 2.45) is 0 Å². The van der Waals surface area contributed by atoms with Crippen molar-refractivity contribution in [3.05, 3.63) is 59.1 Å². The van der Waals surface area contributed by atoms with Gasteiger partial charge in [-0.15, -0.1) is 10.2 Å². The SMILES string of the molecule is O=C(Nc1ccc(Cl)cc1)N(Cc1nnc2n1CCCCC2)c1ccc2c(c1)OCO2. The van der Waals surface area contributed by atoms with E-state index in [0.717, 1.165) is 37.5 Å². The van der Waals surface area contributed by atoms with E-state index < -0.39 is 0 Å². The third-order valence-corrected chi connectivity index (χ3v) is 5.75. The van der Waals surface area contributed by atoms with Crippen molar-refractivity contribution in [3.63, 3.8) is 0 Å². The van der Waals surface area contributed by atoms with Gasteiger partial charge in [-0.1, -0.05) is 18.0 Å². The first-order valence-electron chi connectivity index (χ1n) is 10.3. The van der Waals surface area contributed by atoms with Gasteiger partial charge in [0.15, 0.2) is 17.3 Å². The molecule has 31 heavy (non-hydrogen) atoms. The number of halogens is 1. The maximum Gasteiger partial charge on any atom is 0.326 e. The number of aromatic nitrogens is 3. The van der Waals surface area contributed by atoms with Crippen molar-refractivity contribution >= 4 is 29.0 Å². The van der Waals surface area contributed by atoms with Crippen LogP contribution in [0.3, 0.4) is 0 Å². The predicted octanol–water partition coefficient (Wildman–Crippen LogP) is 4.63. The Bertz CT molecular complexity index is 1100. The molecular formula is C22H22ClN5O3.